The summed E-state index contributed by atoms with van der Waals surface area (Å²) in [6.45, 7) is 0. The Morgan fingerprint density at radius 2 is 1.36 bits per heavy atom. The van der Waals surface area contributed by atoms with Crippen LogP contribution in [0.2, 0.25) is 0 Å². The van der Waals surface area contributed by atoms with Gasteiger partial charge in [0.05, 0.1) is 16.7 Å². The second kappa shape index (κ2) is 10.4. The predicted molar refractivity (Wildman–Crippen MR) is 165 cm³/mol. The molecule has 0 radical (unpaired) electrons. The number of nitrogens with zero attached hydrogens (tertiary/aromatic N) is 4. The van der Waals surface area contributed by atoms with Crippen LogP contribution in [0.25, 0.3) is 72.3 Å². The van der Waals surface area contributed by atoms with Crippen LogP contribution < -0.4 is 4.98 Å². The molecule has 0 aliphatic carbocycles. The number of para-hydroxylation sites is 3. The Labute approximate surface area is 256 Å². The summed E-state index contributed by atoms with van der Waals surface area (Å²) in [7, 11) is 0. The van der Waals surface area contributed by atoms with E-state index in [-0.39, 0.29) is 26.8 Å². The van der Waals surface area contributed by atoms with Crippen LogP contribution in [0.5, 0.6) is 5.75 Å². The smallest absolute Gasteiger partial charge is 0.144 e. The molecule has 204 valence electrons. The maximum Gasteiger partial charge on any atom is 0.144 e. The molecule has 0 saturated heterocycles. The summed E-state index contributed by atoms with van der Waals surface area (Å²) in [5.74, 6) is 0.972. The Morgan fingerprint density at radius 3 is 2.26 bits per heavy atom. The normalized spacial score (nSPS) is 11.2. The average Bonchev–Trinajstić information content (AvgIpc) is 3.67. The summed E-state index contributed by atoms with van der Waals surface area (Å²) in [4.78, 5) is 14.9. The third-order valence-corrected chi connectivity index (χ3v) is 7.64. The Hall–Kier alpha value is -4.99. The Balaban J connectivity index is 0.00000288. The summed E-state index contributed by atoms with van der Waals surface area (Å²) in [5.41, 5.74) is 9.19. The van der Waals surface area contributed by atoms with Gasteiger partial charge in [0.25, 0.3) is 0 Å². The van der Waals surface area contributed by atoms with E-state index >= 15 is 0 Å². The Morgan fingerprint density at radius 1 is 0.595 bits per heavy atom. The van der Waals surface area contributed by atoms with Crippen molar-refractivity contribution in [2.45, 2.75) is 0 Å². The van der Waals surface area contributed by atoms with Gasteiger partial charge in [0.1, 0.15) is 17.1 Å². The number of phenols is 1. The van der Waals surface area contributed by atoms with E-state index in [9.17, 15) is 5.11 Å². The number of hydrogen-bond acceptors (Lipinski definition) is 3. The van der Waals surface area contributed by atoms with Crippen molar-refractivity contribution in [3.8, 4) is 45.2 Å². The maximum atomic E-state index is 10.5. The van der Waals surface area contributed by atoms with Gasteiger partial charge in [-0.2, -0.15) is 6.20 Å². The second-order valence-corrected chi connectivity index (χ2v) is 10.1. The van der Waals surface area contributed by atoms with Crippen LogP contribution in [0, 0.1) is 0 Å². The van der Waals surface area contributed by atoms with Crippen LogP contribution in [-0.4, -0.2) is 19.6 Å². The summed E-state index contributed by atoms with van der Waals surface area (Å²) in [5, 5.41) is 12.5. The molecular weight excluding hydrogens is 700 g/mol. The first-order chi connectivity index (χ1) is 20.2. The molecule has 0 saturated carbocycles. The van der Waals surface area contributed by atoms with E-state index in [1.807, 2.05) is 54.7 Å². The molecule has 5 aromatic carbocycles. The SMILES string of the molecule is Oc1cccc2ccc(-c3cccc4c3nc(-c3cccc5cc[n-]c35)n4-c3cccc(-c4ccccc4)c3)nc12.[Pt]. The van der Waals surface area contributed by atoms with E-state index in [2.05, 4.69) is 77.4 Å². The van der Waals surface area contributed by atoms with E-state index < -0.39 is 0 Å². The number of fused-ring (bicyclic) bond motifs is 3. The van der Waals surface area contributed by atoms with Crippen LogP contribution in [0.15, 0.2) is 134 Å². The van der Waals surface area contributed by atoms with Gasteiger partial charge in [0.15, 0.2) is 0 Å². The molecule has 1 N–H and O–H groups in total. The number of benzene rings is 5. The van der Waals surface area contributed by atoms with Crippen molar-refractivity contribution in [3.63, 3.8) is 0 Å². The number of phenolic OH excluding ortho intramolecular Hbond substituents is 1. The summed E-state index contributed by atoms with van der Waals surface area (Å²) in [6.07, 6.45) is 1.84. The Bertz CT molecular complexity index is 2230. The third kappa shape index (κ3) is 4.22. The molecule has 3 heterocycles. The Kier molecular flexibility index (Phi) is 6.45. The first-order valence-electron chi connectivity index (χ1n) is 13.5. The zero-order chi connectivity index (χ0) is 27.3. The number of aromatic nitrogens is 4. The zero-order valence-electron chi connectivity index (χ0n) is 22.3. The fraction of sp³-hybridized carbons (Fsp3) is 0. The largest absolute Gasteiger partial charge is 0.663 e. The minimum atomic E-state index is 0. The second-order valence-electron chi connectivity index (χ2n) is 10.1. The van der Waals surface area contributed by atoms with Gasteiger partial charge in [-0.05, 0) is 46.8 Å². The van der Waals surface area contributed by atoms with Gasteiger partial charge in [-0.15, -0.1) is 5.52 Å². The minimum Gasteiger partial charge on any atom is -0.663 e. The van der Waals surface area contributed by atoms with Gasteiger partial charge >= 0.3 is 0 Å². The van der Waals surface area contributed by atoms with Crippen LogP contribution in [0.1, 0.15) is 0 Å². The van der Waals surface area contributed by atoms with E-state index in [0.717, 1.165) is 66.8 Å². The number of imidazole rings is 1. The third-order valence-electron chi connectivity index (χ3n) is 7.64. The van der Waals surface area contributed by atoms with Crippen molar-refractivity contribution < 1.29 is 26.2 Å². The summed E-state index contributed by atoms with van der Waals surface area (Å²) >= 11 is 0. The van der Waals surface area contributed by atoms with Crippen LogP contribution in [-0.2, 0) is 21.1 Å². The molecule has 6 heteroatoms. The zero-order valence-corrected chi connectivity index (χ0v) is 24.5. The molecule has 3 aromatic heterocycles. The summed E-state index contributed by atoms with van der Waals surface area (Å²) < 4.78 is 2.22. The molecular formula is C36H23N4OPt-. The average molecular weight is 723 g/mol. The van der Waals surface area contributed by atoms with Crippen molar-refractivity contribution in [2.75, 3.05) is 0 Å². The van der Waals surface area contributed by atoms with E-state index in [1.54, 1.807) is 6.07 Å². The standard InChI is InChI=1S/C36H23N4O.Pt/c41-32-17-6-11-24-18-19-30(38-34(24)32)28-14-7-16-31-35(28)39-36(29-15-5-10-25-20-21-37-33(25)29)40(31)27-13-4-12-26(22-27)23-8-2-1-3-9-23;/h1-22H,(H-,37,38,39,41);/q-1;. The molecule has 0 atom stereocenters. The van der Waals surface area contributed by atoms with Crippen LogP contribution >= 0.6 is 0 Å². The number of pyridine rings is 1. The molecule has 0 unspecified atom stereocenters. The fourth-order valence-corrected chi connectivity index (χ4v) is 5.70. The molecule has 8 rings (SSSR count). The van der Waals surface area contributed by atoms with Gasteiger partial charge in [-0.25, -0.2) is 9.97 Å². The number of aromatic hydroxyl groups is 1. The van der Waals surface area contributed by atoms with Gasteiger partial charge in [-0.3, -0.25) is 4.57 Å². The molecule has 5 nitrogen and oxygen atoms in total. The van der Waals surface area contributed by atoms with Gasteiger partial charge in [-0.1, -0.05) is 97.1 Å². The van der Waals surface area contributed by atoms with E-state index in [1.165, 1.54) is 0 Å². The topological polar surface area (TPSA) is 65.0 Å². The van der Waals surface area contributed by atoms with Gasteiger partial charge in [0, 0.05) is 43.3 Å². The van der Waals surface area contributed by atoms with Crippen molar-refractivity contribution in [1.82, 2.24) is 19.5 Å². The van der Waals surface area contributed by atoms with Crippen LogP contribution in [0.4, 0.5) is 0 Å². The molecule has 0 aliphatic rings. The molecule has 0 bridgehead atoms. The van der Waals surface area contributed by atoms with Crippen molar-refractivity contribution in [3.05, 3.63) is 134 Å². The van der Waals surface area contributed by atoms with Crippen LogP contribution in [0.3, 0.4) is 0 Å². The summed E-state index contributed by atoms with van der Waals surface area (Å²) in [6, 6.07) is 42.8. The number of rotatable bonds is 4. The van der Waals surface area contributed by atoms with E-state index in [0.29, 0.717) is 5.52 Å². The van der Waals surface area contributed by atoms with Gasteiger partial charge < -0.3 is 10.1 Å². The first kappa shape index (κ1) is 25.9. The molecule has 42 heavy (non-hydrogen) atoms. The maximum absolute atomic E-state index is 10.5. The molecule has 0 fully saturated rings. The van der Waals surface area contributed by atoms with Crippen molar-refractivity contribution >= 4 is 32.8 Å². The predicted octanol–water partition coefficient (Wildman–Crippen LogP) is 8.39. The molecule has 0 spiro atoms. The first-order valence-corrected chi connectivity index (χ1v) is 13.5. The fourth-order valence-electron chi connectivity index (χ4n) is 5.70. The molecule has 0 aliphatic heterocycles. The molecule has 8 aromatic rings. The van der Waals surface area contributed by atoms with Crippen molar-refractivity contribution in [2.24, 2.45) is 0 Å². The number of hydrogen-bond donors (Lipinski definition) is 1. The van der Waals surface area contributed by atoms with Crippen molar-refractivity contribution in [1.29, 1.82) is 0 Å². The quantitative estimate of drug-likeness (QED) is 0.198. The minimum absolute atomic E-state index is 0. The molecule has 0 amide bonds. The van der Waals surface area contributed by atoms with Gasteiger partial charge in [0.2, 0.25) is 0 Å². The van der Waals surface area contributed by atoms with E-state index in [4.69, 9.17) is 15.0 Å². The monoisotopic (exact) mass is 722 g/mol.